The molecule has 0 unspecified atom stereocenters. The largest absolute Gasteiger partial charge is 0.357 e. The van der Waals surface area contributed by atoms with Crippen LogP contribution in [0.1, 0.15) is 44.6 Å². The smallest absolute Gasteiger partial charge is 0.269 e. The van der Waals surface area contributed by atoms with Gasteiger partial charge in [-0.3, -0.25) is 10.1 Å². The van der Waals surface area contributed by atoms with E-state index in [1.807, 2.05) is 0 Å². The third kappa shape index (κ3) is 3.68. The summed E-state index contributed by atoms with van der Waals surface area (Å²) in [5.41, 5.74) is 1.63. The van der Waals surface area contributed by atoms with Crippen molar-refractivity contribution in [3.8, 4) is 0 Å². The van der Waals surface area contributed by atoms with Gasteiger partial charge in [-0.2, -0.15) is 0 Å². The summed E-state index contributed by atoms with van der Waals surface area (Å²) in [5, 5.41) is 14.1. The van der Waals surface area contributed by atoms with Gasteiger partial charge < -0.3 is 10.2 Å². The number of guanidine groups is 1. The molecule has 1 spiro atoms. The first-order valence-electron chi connectivity index (χ1n) is 8.88. The molecule has 1 aromatic rings. The molecule has 0 amide bonds. The normalized spacial score (nSPS) is 19.9. The average Bonchev–Trinajstić information content (AvgIpc) is 3.22. The van der Waals surface area contributed by atoms with E-state index in [1.165, 1.54) is 32.1 Å². The Labute approximate surface area is 143 Å². The molecule has 0 atom stereocenters. The number of benzene rings is 1. The van der Waals surface area contributed by atoms with Crippen LogP contribution >= 0.6 is 0 Å². The highest BCUT2D eigenvalue weighted by molar-refractivity contribution is 5.80. The van der Waals surface area contributed by atoms with Gasteiger partial charge >= 0.3 is 0 Å². The Balaban J connectivity index is 1.66. The molecule has 3 rings (SSSR count). The van der Waals surface area contributed by atoms with Crippen molar-refractivity contribution >= 4 is 11.6 Å². The maximum Gasteiger partial charge on any atom is 0.269 e. The Morgan fingerprint density at radius 1 is 1.29 bits per heavy atom. The predicted octanol–water partition coefficient (Wildman–Crippen LogP) is 3.33. The molecule has 1 heterocycles. The second-order valence-electron chi connectivity index (χ2n) is 6.97. The molecular formula is C18H26N4O2. The van der Waals surface area contributed by atoms with Crippen molar-refractivity contribution < 1.29 is 4.92 Å². The number of aliphatic imine (C=N–C) groups is 1. The van der Waals surface area contributed by atoms with Crippen molar-refractivity contribution in [2.45, 2.75) is 45.6 Å². The van der Waals surface area contributed by atoms with E-state index in [-0.39, 0.29) is 10.6 Å². The second-order valence-corrected chi connectivity index (χ2v) is 6.97. The third-order valence-corrected chi connectivity index (χ3v) is 5.30. The molecule has 0 bridgehead atoms. The Bertz CT molecular complexity index is 606. The molecule has 6 nitrogen and oxygen atoms in total. The molecule has 2 aliphatic rings. The SMILES string of the molecule is CCNC(=NCc1ccc([N+](=O)[O-])cc1)N1CCC2(CCCC2)C1. The Morgan fingerprint density at radius 3 is 2.62 bits per heavy atom. The van der Waals surface area contributed by atoms with Crippen molar-refractivity contribution in [2.24, 2.45) is 10.4 Å². The van der Waals surface area contributed by atoms with Gasteiger partial charge in [0.25, 0.3) is 5.69 Å². The fourth-order valence-corrected chi connectivity index (χ4v) is 3.96. The van der Waals surface area contributed by atoms with Crippen LogP contribution in [-0.4, -0.2) is 35.4 Å². The minimum absolute atomic E-state index is 0.123. The number of nitrogens with one attached hydrogen (secondary N) is 1. The maximum atomic E-state index is 10.7. The number of non-ortho nitro benzene ring substituents is 1. The number of rotatable bonds is 4. The first kappa shape index (κ1) is 16.7. The van der Waals surface area contributed by atoms with E-state index in [0.29, 0.717) is 12.0 Å². The van der Waals surface area contributed by atoms with Gasteiger partial charge in [-0.1, -0.05) is 25.0 Å². The average molecular weight is 330 g/mol. The molecule has 1 saturated carbocycles. The predicted molar refractivity (Wildman–Crippen MR) is 95.0 cm³/mol. The van der Waals surface area contributed by atoms with Crippen molar-refractivity contribution in [3.63, 3.8) is 0 Å². The lowest BCUT2D eigenvalue weighted by molar-refractivity contribution is -0.384. The Hall–Kier alpha value is -2.11. The summed E-state index contributed by atoms with van der Waals surface area (Å²) < 4.78 is 0. The first-order valence-corrected chi connectivity index (χ1v) is 8.88. The maximum absolute atomic E-state index is 10.7. The molecule has 1 saturated heterocycles. The van der Waals surface area contributed by atoms with E-state index in [2.05, 4.69) is 17.1 Å². The van der Waals surface area contributed by atoms with Crippen LogP contribution in [0.2, 0.25) is 0 Å². The number of nitro groups is 1. The molecule has 1 N–H and O–H groups in total. The minimum Gasteiger partial charge on any atom is -0.357 e. The van der Waals surface area contributed by atoms with Crippen LogP contribution in [0.15, 0.2) is 29.3 Å². The van der Waals surface area contributed by atoms with Crippen molar-refractivity contribution in [1.29, 1.82) is 0 Å². The van der Waals surface area contributed by atoms with Crippen LogP contribution < -0.4 is 5.32 Å². The zero-order valence-electron chi connectivity index (χ0n) is 14.3. The van der Waals surface area contributed by atoms with Crippen LogP contribution in [0.4, 0.5) is 5.69 Å². The first-order chi connectivity index (χ1) is 11.6. The van der Waals surface area contributed by atoms with Gasteiger partial charge in [-0.05, 0) is 37.2 Å². The Kier molecular flexibility index (Phi) is 5.02. The van der Waals surface area contributed by atoms with Crippen LogP contribution in [0.25, 0.3) is 0 Å². The highest BCUT2D eigenvalue weighted by Crippen LogP contribution is 2.45. The monoisotopic (exact) mass is 330 g/mol. The van der Waals surface area contributed by atoms with Crippen molar-refractivity contribution in [1.82, 2.24) is 10.2 Å². The van der Waals surface area contributed by atoms with E-state index in [0.717, 1.165) is 31.2 Å². The van der Waals surface area contributed by atoms with Gasteiger partial charge in [0, 0.05) is 31.8 Å². The van der Waals surface area contributed by atoms with Gasteiger partial charge in [0.15, 0.2) is 5.96 Å². The molecule has 1 aliphatic heterocycles. The van der Waals surface area contributed by atoms with E-state index < -0.39 is 0 Å². The topological polar surface area (TPSA) is 70.8 Å². The number of nitro benzene ring substituents is 1. The van der Waals surface area contributed by atoms with Crippen LogP contribution in [-0.2, 0) is 6.54 Å². The van der Waals surface area contributed by atoms with Gasteiger partial charge in [0.1, 0.15) is 0 Å². The highest BCUT2D eigenvalue weighted by Gasteiger charge is 2.41. The number of nitrogens with zero attached hydrogens (tertiary/aromatic N) is 3. The second kappa shape index (κ2) is 7.20. The number of likely N-dealkylation sites (tertiary alicyclic amines) is 1. The Morgan fingerprint density at radius 2 is 2.00 bits per heavy atom. The lowest BCUT2D eigenvalue weighted by Crippen LogP contribution is -2.41. The van der Waals surface area contributed by atoms with E-state index in [4.69, 9.17) is 4.99 Å². The molecule has 0 radical (unpaired) electrons. The molecule has 24 heavy (non-hydrogen) atoms. The van der Waals surface area contributed by atoms with Gasteiger partial charge in [-0.15, -0.1) is 0 Å². The molecule has 1 aromatic carbocycles. The zero-order valence-corrected chi connectivity index (χ0v) is 14.3. The lowest BCUT2D eigenvalue weighted by atomic mass is 9.86. The summed E-state index contributed by atoms with van der Waals surface area (Å²) >= 11 is 0. The summed E-state index contributed by atoms with van der Waals surface area (Å²) in [6.45, 7) is 5.67. The quantitative estimate of drug-likeness (QED) is 0.398. The van der Waals surface area contributed by atoms with Crippen LogP contribution in [0.5, 0.6) is 0 Å². The van der Waals surface area contributed by atoms with Crippen LogP contribution in [0, 0.1) is 15.5 Å². The standard InChI is InChI=1S/C18H26N4O2/c1-2-19-17(21-12-11-18(14-21)9-3-4-10-18)20-13-15-5-7-16(8-6-15)22(23)24/h5-8H,2-4,9-14H2,1H3,(H,19,20). The number of hydrogen-bond donors (Lipinski definition) is 1. The zero-order chi connectivity index (χ0) is 17.0. The van der Waals surface area contributed by atoms with Crippen molar-refractivity contribution in [3.05, 3.63) is 39.9 Å². The highest BCUT2D eigenvalue weighted by atomic mass is 16.6. The third-order valence-electron chi connectivity index (χ3n) is 5.30. The summed E-state index contributed by atoms with van der Waals surface area (Å²) in [6, 6.07) is 6.66. The molecule has 130 valence electrons. The minimum atomic E-state index is -0.373. The van der Waals surface area contributed by atoms with E-state index in [1.54, 1.807) is 24.3 Å². The van der Waals surface area contributed by atoms with Gasteiger partial charge in [-0.25, -0.2) is 4.99 Å². The molecule has 1 aliphatic carbocycles. The van der Waals surface area contributed by atoms with Gasteiger partial charge in [0.2, 0.25) is 0 Å². The molecular weight excluding hydrogens is 304 g/mol. The summed E-state index contributed by atoms with van der Waals surface area (Å²) in [6.07, 6.45) is 6.71. The van der Waals surface area contributed by atoms with Gasteiger partial charge in [0.05, 0.1) is 11.5 Å². The fraction of sp³-hybridized carbons (Fsp3) is 0.611. The molecule has 0 aromatic heterocycles. The van der Waals surface area contributed by atoms with Crippen LogP contribution in [0.3, 0.4) is 0 Å². The summed E-state index contributed by atoms with van der Waals surface area (Å²) in [4.78, 5) is 17.5. The van der Waals surface area contributed by atoms with E-state index in [9.17, 15) is 10.1 Å². The van der Waals surface area contributed by atoms with Crippen molar-refractivity contribution in [2.75, 3.05) is 19.6 Å². The summed E-state index contributed by atoms with van der Waals surface area (Å²) in [5.74, 6) is 0.972. The fourth-order valence-electron chi connectivity index (χ4n) is 3.96. The number of hydrogen-bond acceptors (Lipinski definition) is 3. The van der Waals surface area contributed by atoms with E-state index >= 15 is 0 Å². The molecule has 2 fully saturated rings. The molecule has 6 heteroatoms. The summed E-state index contributed by atoms with van der Waals surface area (Å²) in [7, 11) is 0. The lowest BCUT2D eigenvalue weighted by Gasteiger charge is -2.26.